The van der Waals surface area contributed by atoms with Crippen molar-refractivity contribution in [2.24, 2.45) is 0 Å². The maximum Gasteiger partial charge on any atom is 0.153 e. The van der Waals surface area contributed by atoms with Crippen LogP contribution in [0.1, 0.15) is 21.5 Å². The Labute approximate surface area is 131 Å². The van der Waals surface area contributed by atoms with Gasteiger partial charge in [-0.25, -0.2) is 0 Å². The summed E-state index contributed by atoms with van der Waals surface area (Å²) >= 11 is 3.30. The van der Waals surface area contributed by atoms with Crippen LogP contribution in [0.15, 0.2) is 40.9 Å². The van der Waals surface area contributed by atoms with E-state index in [4.69, 9.17) is 14.7 Å². The molecule has 0 aliphatic rings. The summed E-state index contributed by atoms with van der Waals surface area (Å²) in [5.41, 5.74) is 1.73. The summed E-state index contributed by atoms with van der Waals surface area (Å²) in [7, 11) is 1.56. The van der Waals surface area contributed by atoms with Crippen LogP contribution in [0.3, 0.4) is 0 Å². The first-order valence-electron chi connectivity index (χ1n) is 6.12. The molecule has 4 nitrogen and oxygen atoms in total. The van der Waals surface area contributed by atoms with Gasteiger partial charge in [-0.3, -0.25) is 4.79 Å². The second kappa shape index (κ2) is 6.91. The van der Waals surface area contributed by atoms with Crippen LogP contribution >= 0.6 is 15.9 Å². The lowest BCUT2D eigenvalue weighted by Crippen LogP contribution is -2.01. The van der Waals surface area contributed by atoms with Crippen LogP contribution in [-0.4, -0.2) is 13.4 Å². The fraction of sp³-hybridized carbons (Fsp3) is 0.125. The number of aldehydes is 1. The molecule has 2 aromatic carbocycles. The molecule has 106 valence electrons. The van der Waals surface area contributed by atoms with Gasteiger partial charge in [0.15, 0.2) is 6.29 Å². The van der Waals surface area contributed by atoms with E-state index >= 15 is 0 Å². The van der Waals surface area contributed by atoms with Gasteiger partial charge in [0.2, 0.25) is 0 Å². The summed E-state index contributed by atoms with van der Waals surface area (Å²) in [6.07, 6.45) is 0.739. The van der Waals surface area contributed by atoms with Gasteiger partial charge in [0.1, 0.15) is 18.1 Å². The standard InChI is InChI=1S/C16H12BrNO3/c1-20-15-4-2-11(8-18)6-13(15)10-21-16-5-3-14(17)7-12(16)9-19/h2-7,9H,10H2,1H3. The van der Waals surface area contributed by atoms with Crippen molar-refractivity contribution in [3.05, 3.63) is 57.6 Å². The SMILES string of the molecule is COc1ccc(C#N)cc1COc1ccc(Br)cc1C=O. The number of nitriles is 1. The van der Waals surface area contributed by atoms with Crippen molar-refractivity contribution >= 4 is 22.2 Å². The van der Waals surface area contributed by atoms with Crippen molar-refractivity contribution in [1.29, 1.82) is 5.26 Å². The van der Waals surface area contributed by atoms with Crippen LogP contribution in [0.5, 0.6) is 11.5 Å². The maximum atomic E-state index is 11.0. The molecule has 0 aliphatic heterocycles. The number of rotatable bonds is 5. The van der Waals surface area contributed by atoms with E-state index in [0.717, 1.165) is 16.3 Å². The Morgan fingerprint density at radius 2 is 2.00 bits per heavy atom. The van der Waals surface area contributed by atoms with E-state index in [9.17, 15) is 4.79 Å². The molecule has 2 aromatic rings. The third-order valence-electron chi connectivity index (χ3n) is 2.89. The normalized spacial score (nSPS) is 9.76. The lowest BCUT2D eigenvalue weighted by atomic mass is 10.1. The van der Waals surface area contributed by atoms with Crippen LogP contribution in [0.25, 0.3) is 0 Å². The van der Waals surface area contributed by atoms with E-state index in [-0.39, 0.29) is 6.61 Å². The van der Waals surface area contributed by atoms with Gasteiger partial charge in [0.25, 0.3) is 0 Å². The number of nitrogens with zero attached hydrogens (tertiary/aromatic N) is 1. The van der Waals surface area contributed by atoms with Gasteiger partial charge in [-0.15, -0.1) is 0 Å². The highest BCUT2D eigenvalue weighted by Gasteiger charge is 2.08. The molecule has 0 fully saturated rings. The first kappa shape index (κ1) is 15.1. The first-order chi connectivity index (χ1) is 10.2. The number of halogens is 1. The number of carbonyl (C=O) groups is 1. The van der Waals surface area contributed by atoms with E-state index in [1.807, 2.05) is 0 Å². The minimum Gasteiger partial charge on any atom is -0.496 e. The molecule has 0 spiro atoms. The molecular formula is C16H12BrNO3. The third-order valence-corrected chi connectivity index (χ3v) is 3.38. The highest BCUT2D eigenvalue weighted by Crippen LogP contribution is 2.25. The zero-order valence-corrected chi connectivity index (χ0v) is 12.9. The Kier molecular flexibility index (Phi) is 4.96. The molecule has 0 bridgehead atoms. The molecule has 0 amide bonds. The molecule has 0 heterocycles. The molecule has 0 N–H and O–H groups in total. The van der Waals surface area contributed by atoms with Gasteiger partial charge in [-0.2, -0.15) is 5.26 Å². The smallest absolute Gasteiger partial charge is 0.153 e. The molecule has 21 heavy (non-hydrogen) atoms. The van der Waals surface area contributed by atoms with Crippen LogP contribution in [-0.2, 0) is 6.61 Å². The summed E-state index contributed by atoms with van der Waals surface area (Å²) in [6, 6.07) is 12.4. The van der Waals surface area contributed by atoms with E-state index in [0.29, 0.717) is 22.6 Å². The Morgan fingerprint density at radius 3 is 2.67 bits per heavy atom. The van der Waals surface area contributed by atoms with Crippen molar-refractivity contribution < 1.29 is 14.3 Å². The Balaban J connectivity index is 2.24. The Hall–Kier alpha value is -2.32. The topological polar surface area (TPSA) is 59.3 Å². The lowest BCUT2D eigenvalue weighted by Gasteiger charge is -2.12. The van der Waals surface area contributed by atoms with E-state index in [1.54, 1.807) is 43.5 Å². The molecule has 0 radical (unpaired) electrons. The third kappa shape index (κ3) is 3.61. The molecular weight excluding hydrogens is 334 g/mol. The fourth-order valence-electron chi connectivity index (χ4n) is 1.86. The van der Waals surface area contributed by atoms with Gasteiger partial charge in [0.05, 0.1) is 24.3 Å². The number of carbonyl (C=O) groups excluding carboxylic acids is 1. The average Bonchev–Trinajstić information content (AvgIpc) is 2.53. The second-order valence-corrected chi connectivity index (χ2v) is 5.14. The van der Waals surface area contributed by atoms with E-state index in [2.05, 4.69) is 22.0 Å². The first-order valence-corrected chi connectivity index (χ1v) is 6.91. The predicted octanol–water partition coefficient (Wildman–Crippen LogP) is 3.72. The van der Waals surface area contributed by atoms with E-state index < -0.39 is 0 Å². The van der Waals surface area contributed by atoms with Gasteiger partial charge in [0, 0.05) is 10.0 Å². The van der Waals surface area contributed by atoms with Gasteiger partial charge < -0.3 is 9.47 Å². The molecule has 0 unspecified atom stereocenters. The van der Waals surface area contributed by atoms with Crippen molar-refractivity contribution in [3.63, 3.8) is 0 Å². The van der Waals surface area contributed by atoms with Crippen LogP contribution in [0.2, 0.25) is 0 Å². The van der Waals surface area contributed by atoms with Gasteiger partial charge in [-0.1, -0.05) is 15.9 Å². The quantitative estimate of drug-likeness (QED) is 0.775. The zero-order valence-electron chi connectivity index (χ0n) is 11.3. The number of methoxy groups -OCH3 is 1. The van der Waals surface area contributed by atoms with Gasteiger partial charge >= 0.3 is 0 Å². The fourth-order valence-corrected chi connectivity index (χ4v) is 2.24. The number of ether oxygens (including phenoxy) is 2. The second-order valence-electron chi connectivity index (χ2n) is 4.23. The number of benzene rings is 2. The average molecular weight is 346 g/mol. The molecule has 5 heteroatoms. The minimum absolute atomic E-state index is 0.209. The van der Waals surface area contributed by atoms with Crippen molar-refractivity contribution in [3.8, 4) is 17.6 Å². The van der Waals surface area contributed by atoms with Crippen LogP contribution < -0.4 is 9.47 Å². The van der Waals surface area contributed by atoms with Crippen LogP contribution in [0.4, 0.5) is 0 Å². The lowest BCUT2D eigenvalue weighted by molar-refractivity contribution is 0.111. The summed E-state index contributed by atoms with van der Waals surface area (Å²) in [5, 5.41) is 8.94. The van der Waals surface area contributed by atoms with Crippen LogP contribution in [0, 0.1) is 11.3 Å². The Bertz CT molecular complexity index is 707. The summed E-state index contributed by atoms with van der Waals surface area (Å²) in [4.78, 5) is 11.0. The monoisotopic (exact) mass is 345 g/mol. The molecule has 2 rings (SSSR count). The maximum absolute atomic E-state index is 11.0. The number of hydrogen-bond donors (Lipinski definition) is 0. The Morgan fingerprint density at radius 1 is 1.24 bits per heavy atom. The summed E-state index contributed by atoms with van der Waals surface area (Å²) in [5.74, 6) is 1.12. The molecule has 0 atom stereocenters. The molecule has 0 aliphatic carbocycles. The van der Waals surface area contributed by atoms with E-state index in [1.165, 1.54) is 0 Å². The molecule has 0 saturated heterocycles. The van der Waals surface area contributed by atoms with Gasteiger partial charge in [-0.05, 0) is 36.4 Å². The van der Waals surface area contributed by atoms with Crippen molar-refractivity contribution in [1.82, 2.24) is 0 Å². The summed E-state index contributed by atoms with van der Waals surface area (Å²) in [6.45, 7) is 0.209. The zero-order chi connectivity index (χ0) is 15.2. The minimum atomic E-state index is 0.209. The largest absolute Gasteiger partial charge is 0.496 e. The number of hydrogen-bond acceptors (Lipinski definition) is 4. The molecule has 0 aromatic heterocycles. The predicted molar refractivity (Wildman–Crippen MR) is 81.6 cm³/mol. The molecule has 0 saturated carbocycles. The van der Waals surface area contributed by atoms with Crippen molar-refractivity contribution in [2.75, 3.05) is 7.11 Å². The highest BCUT2D eigenvalue weighted by molar-refractivity contribution is 9.10. The van der Waals surface area contributed by atoms with Crippen molar-refractivity contribution in [2.45, 2.75) is 6.61 Å². The summed E-state index contributed by atoms with van der Waals surface area (Å²) < 4.78 is 11.7. The highest BCUT2D eigenvalue weighted by atomic mass is 79.9.